The van der Waals surface area contributed by atoms with Gasteiger partial charge in [-0.3, -0.25) is 14.5 Å². The van der Waals surface area contributed by atoms with Gasteiger partial charge in [-0.25, -0.2) is 0 Å². The second-order valence-corrected chi connectivity index (χ2v) is 3.79. The standard InChI is InChI=1S/C9H16N2O4/c10-9(15)7-3-4-11(7)5-6(12)1-2-8(13)14/h6-7,12H,1-5H2,(H2,10,15)(H,13,14). The molecule has 15 heavy (non-hydrogen) atoms. The Bertz CT molecular complexity index is 256. The lowest BCUT2D eigenvalue weighted by Crippen LogP contribution is -2.56. The number of carbonyl (C=O) groups excluding carboxylic acids is 1. The normalized spacial score (nSPS) is 23.1. The summed E-state index contributed by atoms with van der Waals surface area (Å²) < 4.78 is 0. The molecule has 1 aliphatic rings. The van der Waals surface area contributed by atoms with Gasteiger partial charge in [-0.2, -0.15) is 0 Å². The number of aliphatic hydroxyl groups excluding tert-OH is 1. The fraction of sp³-hybridized carbons (Fsp3) is 0.778. The lowest BCUT2D eigenvalue weighted by Gasteiger charge is -2.39. The molecular formula is C9H16N2O4. The number of aliphatic hydroxyl groups is 1. The Hall–Kier alpha value is -1.14. The van der Waals surface area contributed by atoms with Crippen LogP contribution in [-0.2, 0) is 9.59 Å². The smallest absolute Gasteiger partial charge is 0.303 e. The minimum atomic E-state index is -0.927. The average molecular weight is 216 g/mol. The molecule has 0 aromatic rings. The molecule has 0 spiro atoms. The molecule has 1 saturated heterocycles. The molecule has 1 fully saturated rings. The summed E-state index contributed by atoms with van der Waals surface area (Å²) in [4.78, 5) is 22.9. The number of likely N-dealkylation sites (tertiary alicyclic amines) is 1. The predicted molar refractivity (Wildman–Crippen MR) is 52.0 cm³/mol. The summed E-state index contributed by atoms with van der Waals surface area (Å²) in [7, 11) is 0. The fourth-order valence-electron chi connectivity index (χ4n) is 1.63. The zero-order chi connectivity index (χ0) is 11.4. The van der Waals surface area contributed by atoms with Crippen LogP contribution in [-0.4, -0.2) is 52.2 Å². The van der Waals surface area contributed by atoms with Gasteiger partial charge in [0.15, 0.2) is 0 Å². The first kappa shape index (κ1) is 11.9. The minimum absolute atomic E-state index is 0.0593. The number of hydrogen-bond acceptors (Lipinski definition) is 4. The van der Waals surface area contributed by atoms with Gasteiger partial charge < -0.3 is 15.9 Å². The number of β-amino-alcohol motifs (C(OH)–C–C–N with tert-alkyl or cyclic N) is 1. The number of carboxylic acids is 1. The molecular weight excluding hydrogens is 200 g/mol. The molecule has 0 aromatic heterocycles. The lowest BCUT2D eigenvalue weighted by molar-refractivity contribution is -0.138. The number of rotatable bonds is 6. The van der Waals surface area contributed by atoms with Crippen LogP contribution in [0.25, 0.3) is 0 Å². The second-order valence-electron chi connectivity index (χ2n) is 3.79. The van der Waals surface area contributed by atoms with Crippen LogP contribution in [0.5, 0.6) is 0 Å². The van der Waals surface area contributed by atoms with Gasteiger partial charge in [-0.15, -0.1) is 0 Å². The summed E-state index contributed by atoms with van der Waals surface area (Å²) in [6, 6.07) is -0.288. The van der Waals surface area contributed by atoms with Gasteiger partial charge in [0, 0.05) is 19.5 Å². The quantitative estimate of drug-likeness (QED) is 0.516. The molecule has 2 atom stereocenters. The molecule has 1 amide bonds. The Balaban J connectivity index is 2.23. The highest BCUT2D eigenvalue weighted by molar-refractivity contribution is 5.80. The van der Waals surface area contributed by atoms with Crippen LogP contribution in [0.3, 0.4) is 0 Å². The fourth-order valence-corrected chi connectivity index (χ4v) is 1.63. The van der Waals surface area contributed by atoms with E-state index in [9.17, 15) is 14.7 Å². The van der Waals surface area contributed by atoms with Crippen LogP contribution in [0.2, 0.25) is 0 Å². The van der Waals surface area contributed by atoms with Gasteiger partial charge in [-0.1, -0.05) is 0 Å². The second kappa shape index (κ2) is 5.09. The highest BCUT2D eigenvalue weighted by Gasteiger charge is 2.33. The van der Waals surface area contributed by atoms with Crippen molar-refractivity contribution in [3.8, 4) is 0 Å². The van der Waals surface area contributed by atoms with Crippen molar-refractivity contribution < 1.29 is 19.8 Å². The summed E-state index contributed by atoms with van der Waals surface area (Å²) in [6.07, 6.45) is 0.164. The third-order valence-corrected chi connectivity index (χ3v) is 2.60. The molecule has 1 rings (SSSR count). The Kier molecular flexibility index (Phi) is 4.05. The molecule has 2 unspecified atom stereocenters. The van der Waals surface area contributed by atoms with E-state index in [2.05, 4.69) is 0 Å². The van der Waals surface area contributed by atoms with Crippen molar-refractivity contribution >= 4 is 11.9 Å². The number of carboxylic acid groups (broad SMARTS) is 1. The highest BCUT2D eigenvalue weighted by atomic mass is 16.4. The number of nitrogens with zero attached hydrogens (tertiary/aromatic N) is 1. The van der Waals surface area contributed by atoms with E-state index in [1.54, 1.807) is 4.90 Å². The summed E-state index contributed by atoms with van der Waals surface area (Å²) in [5.74, 6) is -1.31. The van der Waals surface area contributed by atoms with Crippen molar-refractivity contribution in [3.63, 3.8) is 0 Å². The third-order valence-electron chi connectivity index (χ3n) is 2.60. The summed E-state index contributed by atoms with van der Waals surface area (Å²) in [5.41, 5.74) is 5.13. The molecule has 6 heteroatoms. The monoisotopic (exact) mass is 216 g/mol. The van der Waals surface area contributed by atoms with E-state index < -0.39 is 12.1 Å². The zero-order valence-electron chi connectivity index (χ0n) is 8.43. The van der Waals surface area contributed by atoms with E-state index in [4.69, 9.17) is 10.8 Å². The van der Waals surface area contributed by atoms with Crippen molar-refractivity contribution in [2.24, 2.45) is 5.73 Å². The van der Waals surface area contributed by atoms with E-state index in [1.807, 2.05) is 0 Å². The molecule has 0 radical (unpaired) electrons. The topological polar surface area (TPSA) is 104 Å². The maximum atomic E-state index is 10.8. The molecule has 0 aliphatic carbocycles. The third kappa shape index (κ3) is 3.49. The van der Waals surface area contributed by atoms with Crippen molar-refractivity contribution in [1.82, 2.24) is 4.90 Å². The Morgan fingerprint density at radius 3 is 2.60 bits per heavy atom. The number of hydrogen-bond donors (Lipinski definition) is 3. The molecule has 1 aliphatic heterocycles. The average Bonchev–Trinajstić information content (AvgIpc) is 2.08. The van der Waals surface area contributed by atoms with Gasteiger partial charge in [0.2, 0.25) is 5.91 Å². The summed E-state index contributed by atoms with van der Waals surface area (Å²) in [5, 5.41) is 17.9. The number of amides is 1. The van der Waals surface area contributed by atoms with E-state index >= 15 is 0 Å². The van der Waals surface area contributed by atoms with Gasteiger partial charge in [-0.05, 0) is 12.8 Å². The number of aliphatic carboxylic acids is 1. The first-order valence-electron chi connectivity index (χ1n) is 4.94. The predicted octanol–water partition coefficient (Wildman–Crippen LogP) is -1.23. The Morgan fingerprint density at radius 2 is 2.20 bits per heavy atom. The molecule has 6 nitrogen and oxygen atoms in total. The summed E-state index contributed by atoms with van der Waals surface area (Å²) >= 11 is 0. The van der Waals surface area contributed by atoms with Crippen LogP contribution in [0, 0.1) is 0 Å². The van der Waals surface area contributed by atoms with Gasteiger partial charge >= 0.3 is 5.97 Å². The highest BCUT2D eigenvalue weighted by Crippen LogP contribution is 2.17. The van der Waals surface area contributed by atoms with Crippen molar-refractivity contribution in [2.75, 3.05) is 13.1 Å². The maximum Gasteiger partial charge on any atom is 0.303 e. The minimum Gasteiger partial charge on any atom is -0.481 e. The van der Waals surface area contributed by atoms with Crippen molar-refractivity contribution in [1.29, 1.82) is 0 Å². The van der Waals surface area contributed by atoms with Crippen molar-refractivity contribution in [2.45, 2.75) is 31.4 Å². The van der Waals surface area contributed by atoms with Gasteiger partial charge in [0.05, 0.1) is 12.1 Å². The Morgan fingerprint density at radius 1 is 1.53 bits per heavy atom. The molecule has 86 valence electrons. The maximum absolute atomic E-state index is 10.8. The number of nitrogens with two attached hydrogens (primary N) is 1. The van der Waals surface area contributed by atoms with Crippen LogP contribution in [0.15, 0.2) is 0 Å². The molecule has 0 aromatic carbocycles. The van der Waals surface area contributed by atoms with Crippen LogP contribution in [0.4, 0.5) is 0 Å². The van der Waals surface area contributed by atoms with Crippen LogP contribution in [0.1, 0.15) is 19.3 Å². The van der Waals surface area contributed by atoms with E-state index in [0.29, 0.717) is 6.54 Å². The van der Waals surface area contributed by atoms with Gasteiger partial charge in [0.1, 0.15) is 0 Å². The lowest BCUT2D eigenvalue weighted by atomic mass is 10.0. The molecule has 0 bridgehead atoms. The van der Waals surface area contributed by atoms with E-state index in [1.165, 1.54) is 0 Å². The molecule has 4 N–H and O–H groups in total. The van der Waals surface area contributed by atoms with Crippen molar-refractivity contribution in [3.05, 3.63) is 0 Å². The summed E-state index contributed by atoms with van der Waals surface area (Å²) in [6.45, 7) is 1.05. The largest absolute Gasteiger partial charge is 0.481 e. The molecule has 0 saturated carbocycles. The van der Waals surface area contributed by atoms with Gasteiger partial charge in [0.25, 0.3) is 0 Å². The van der Waals surface area contributed by atoms with E-state index in [0.717, 1.165) is 13.0 Å². The first-order chi connectivity index (χ1) is 7.00. The number of carbonyl (C=O) groups is 2. The van der Waals surface area contributed by atoms with E-state index in [-0.39, 0.29) is 24.8 Å². The SMILES string of the molecule is NC(=O)C1CCN1CC(O)CCC(=O)O. The first-order valence-corrected chi connectivity index (χ1v) is 4.94. The molecule has 1 heterocycles. The Labute approximate surface area is 87.7 Å². The van der Waals surface area contributed by atoms with Crippen LogP contribution < -0.4 is 5.73 Å². The number of primary amides is 1. The zero-order valence-corrected chi connectivity index (χ0v) is 8.43. The van der Waals surface area contributed by atoms with Crippen LogP contribution >= 0.6 is 0 Å².